The molecule has 4 rings (SSSR count). The largest absolute Gasteiger partial charge is 0.454 e. The molecular weight excluding hydrogens is 380 g/mol. The van der Waals surface area contributed by atoms with E-state index in [1.807, 2.05) is 42.5 Å². The summed E-state index contributed by atoms with van der Waals surface area (Å²) in [7, 11) is 0. The molecule has 0 unspecified atom stereocenters. The van der Waals surface area contributed by atoms with Crippen molar-refractivity contribution in [3.05, 3.63) is 58.6 Å². The second kappa shape index (κ2) is 8.10. The van der Waals surface area contributed by atoms with Crippen LogP contribution in [0.15, 0.2) is 42.5 Å². The van der Waals surface area contributed by atoms with Crippen LogP contribution in [0.1, 0.15) is 17.5 Å². The molecule has 2 heterocycles. The molecule has 0 saturated carbocycles. The highest BCUT2D eigenvalue weighted by Crippen LogP contribution is 2.32. The van der Waals surface area contributed by atoms with E-state index < -0.39 is 0 Å². The molecule has 0 radical (unpaired) electrons. The summed E-state index contributed by atoms with van der Waals surface area (Å²) in [6.07, 6.45) is 1.00. The molecule has 2 aliphatic heterocycles. The van der Waals surface area contributed by atoms with Gasteiger partial charge in [-0.1, -0.05) is 29.8 Å². The van der Waals surface area contributed by atoms with Gasteiger partial charge in [-0.2, -0.15) is 0 Å². The lowest BCUT2D eigenvalue weighted by molar-refractivity contribution is -0.129. The molecule has 2 amide bonds. The number of rotatable bonds is 6. The van der Waals surface area contributed by atoms with E-state index in [1.54, 1.807) is 4.90 Å². The second-order valence-corrected chi connectivity index (χ2v) is 7.46. The molecule has 2 aromatic carbocycles. The van der Waals surface area contributed by atoms with Crippen molar-refractivity contribution in [2.45, 2.75) is 19.4 Å². The predicted octanol–water partition coefficient (Wildman–Crippen LogP) is 2.78. The van der Waals surface area contributed by atoms with Crippen molar-refractivity contribution >= 4 is 23.4 Å². The summed E-state index contributed by atoms with van der Waals surface area (Å²) in [4.78, 5) is 26.5. The van der Waals surface area contributed by atoms with Gasteiger partial charge < -0.3 is 19.7 Å². The highest BCUT2D eigenvalue weighted by molar-refractivity contribution is 6.30. The van der Waals surface area contributed by atoms with Gasteiger partial charge in [0.05, 0.1) is 5.92 Å². The third kappa shape index (κ3) is 4.22. The Labute approximate surface area is 168 Å². The third-order valence-corrected chi connectivity index (χ3v) is 5.32. The number of benzene rings is 2. The van der Waals surface area contributed by atoms with Crippen LogP contribution >= 0.6 is 11.6 Å². The number of likely N-dealkylation sites (tertiary alicyclic amines) is 1. The van der Waals surface area contributed by atoms with Gasteiger partial charge in [0.2, 0.25) is 18.6 Å². The fourth-order valence-electron chi connectivity index (χ4n) is 3.46. The van der Waals surface area contributed by atoms with Gasteiger partial charge in [0.25, 0.3) is 0 Å². The molecule has 1 atom stereocenters. The molecule has 1 N–H and O–H groups in total. The molecule has 0 bridgehead atoms. The number of ether oxygens (including phenoxy) is 2. The quantitative estimate of drug-likeness (QED) is 0.809. The molecule has 28 heavy (non-hydrogen) atoms. The van der Waals surface area contributed by atoms with Crippen LogP contribution in [0, 0.1) is 5.92 Å². The monoisotopic (exact) mass is 400 g/mol. The number of nitrogens with one attached hydrogen (secondary N) is 1. The number of amides is 2. The van der Waals surface area contributed by atoms with Gasteiger partial charge in [0.15, 0.2) is 11.5 Å². The van der Waals surface area contributed by atoms with E-state index in [9.17, 15) is 9.59 Å². The van der Waals surface area contributed by atoms with Crippen molar-refractivity contribution in [2.75, 3.05) is 19.9 Å². The van der Waals surface area contributed by atoms with E-state index in [0.29, 0.717) is 36.2 Å². The molecular formula is C21H21ClN2O4. The van der Waals surface area contributed by atoms with Gasteiger partial charge in [-0.25, -0.2) is 0 Å². The Morgan fingerprint density at radius 1 is 1.11 bits per heavy atom. The van der Waals surface area contributed by atoms with Gasteiger partial charge in [-0.15, -0.1) is 0 Å². The zero-order chi connectivity index (χ0) is 19.5. The molecule has 146 valence electrons. The zero-order valence-corrected chi connectivity index (χ0v) is 16.1. The predicted molar refractivity (Wildman–Crippen MR) is 104 cm³/mol. The van der Waals surface area contributed by atoms with E-state index >= 15 is 0 Å². The van der Waals surface area contributed by atoms with Crippen LogP contribution in [0.25, 0.3) is 0 Å². The van der Waals surface area contributed by atoms with Gasteiger partial charge >= 0.3 is 0 Å². The lowest BCUT2D eigenvalue weighted by atomic mass is 10.1. The topological polar surface area (TPSA) is 67.9 Å². The molecule has 6 nitrogen and oxygen atoms in total. The maximum atomic E-state index is 12.5. The number of halogens is 1. The molecule has 2 aliphatic rings. The summed E-state index contributed by atoms with van der Waals surface area (Å²) in [5.41, 5.74) is 2.05. The normalized spacial score (nSPS) is 17.8. The van der Waals surface area contributed by atoms with Crippen molar-refractivity contribution in [3.8, 4) is 11.5 Å². The summed E-state index contributed by atoms with van der Waals surface area (Å²) in [6.45, 7) is 1.68. The number of hydrogen-bond donors (Lipinski definition) is 1. The first-order valence-electron chi connectivity index (χ1n) is 9.27. The molecule has 1 fully saturated rings. The fraction of sp³-hybridized carbons (Fsp3) is 0.333. The SMILES string of the molecule is O=C(NCc1ccc2c(c1)OCO2)[C@H]1CC(=O)N(CCc2ccc(Cl)cc2)C1. The van der Waals surface area contributed by atoms with Crippen molar-refractivity contribution in [2.24, 2.45) is 5.92 Å². The summed E-state index contributed by atoms with van der Waals surface area (Å²) in [5, 5.41) is 3.62. The minimum atomic E-state index is -0.313. The van der Waals surface area contributed by atoms with Crippen molar-refractivity contribution in [1.29, 1.82) is 0 Å². The zero-order valence-electron chi connectivity index (χ0n) is 15.3. The maximum absolute atomic E-state index is 12.5. The number of nitrogens with zero attached hydrogens (tertiary/aromatic N) is 1. The molecule has 0 spiro atoms. The van der Waals surface area contributed by atoms with Crippen LogP contribution in [0.2, 0.25) is 5.02 Å². The first kappa shape index (κ1) is 18.6. The van der Waals surface area contributed by atoms with Crippen LogP contribution < -0.4 is 14.8 Å². The van der Waals surface area contributed by atoms with Crippen LogP contribution in [0.3, 0.4) is 0 Å². The van der Waals surface area contributed by atoms with E-state index in [4.69, 9.17) is 21.1 Å². The molecule has 0 aromatic heterocycles. The van der Waals surface area contributed by atoms with Gasteiger partial charge in [0.1, 0.15) is 0 Å². The highest BCUT2D eigenvalue weighted by atomic mass is 35.5. The van der Waals surface area contributed by atoms with Gasteiger partial charge in [0, 0.05) is 31.1 Å². The third-order valence-electron chi connectivity index (χ3n) is 5.07. The minimum Gasteiger partial charge on any atom is -0.454 e. The van der Waals surface area contributed by atoms with Gasteiger partial charge in [-0.3, -0.25) is 9.59 Å². The molecule has 1 saturated heterocycles. The average Bonchev–Trinajstić information content (AvgIpc) is 3.31. The second-order valence-electron chi connectivity index (χ2n) is 7.02. The summed E-state index contributed by atoms with van der Waals surface area (Å²) >= 11 is 5.90. The first-order chi connectivity index (χ1) is 13.6. The Morgan fingerprint density at radius 3 is 2.68 bits per heavy atom. The number of carbonyl (C=O) groups excluding carboxylic acids is 2. The van der Waals surface area contributed by atoms with Crippen molar-refractivity contribution in [3.63, 3.8) is 0 Å². The lowest BCUT2D eigenvalue weighted by Gasteiger charge is -2.16. The number of hydrogen-bond acceptors (Lipinski definition) is 4. The fourth-order valence-corrected chi connectivity index (χ4v) is 3.59. The Balaban J connectivity index is 1.27. The Hall–Kier alpha value is -2.73. The van der Waals surface area contributed by atoms with Crippen LogP contribution in [0.4, 0.5) is 0 Å². The Bertz CT molecular complexity index is 884. The number of fused-ring (bicyclic) bond motifs is 1. The van der Waals surface area contributed by atoms with Gasteiger partial charge in [-0.05, 0) is 41.8 Å². The highest BCUT2D eigenvalue weighted by Gasteiger charge is 2.33. The minimum absolute atomic E-state index is 0.0252. The first-order valence-corrected chi connectivity index (χ1v) is 9.65. The van der Waals surface area contributed by atoms with Crippen molar-refractivity contribution < 1.29 is 19.1 Å². The summed E-state index contributed by atoms with van der Waals surface area (Å²) in [5.74, 6) is 1.02. The van der Waals surface area contributed by atoms with Crippen LogP contribution in [-0.4, -0.2) is 36.6 Å². The van der Waals surface area contributed by atoms with E-state index in [1.165, 1.54) is 0 Å². The summed E-state index contributed by atoms with van der Waals surface area (Å²) < 4.78 is 10.6. The van der Waals surface area contributed by atoms with Crippen LogP contribution in [0.5, 0.6) is 11.5 Å². The average molecular weight is 401 g/mol. The van der Waals surface area contributed by atoms with Crippen molar-refractivity contribution in [1.82, 2.24) is 10.2 Å². The van der Waals surface area contributed by atoms with E-state index in [-0.39, 0.29) is 30.9 Å². The number of carbonyl (C=O) groups is 2. The molecule has 0 aliphatic carbocycles. The standard InChI is InChI=1S/C21H21ClN2O4/c22-17-4-1-14(2-5-17)7-8-24-12-16(10-20(24)25)21(26)23-11-15-3-6-18-19(9-15)28-13-27-18/h1-6,9,16H,7-8,10-13H2,(H,23,26)/t16-/m0/s1. The smallest absolute Gasteiger partial charge is 0.231 e. The van der Waals surface area contributed by atoms with E-state index in [0.717, 1.165) is 17.5 Å². The Kier molecular flexibility index (Phi) is 5.39. The van der Waals surface area contributed by atoms with E-state index in [2.05, 4.69) is 5.32 Å². The maximum Gasteiger partial charge on any atom is 0.231 e. The lowest BCUT2D eigenvalue weighted by Crippen LogP contribution is -2.33. The molecule has 2 aromatic rings. The Morgan fingerprint density at radius 2 is 1.86 bits per heavy atom. The van der Waals surface area contributed by atoms with Crippen LogP contribution in [-0.2, 0) is 22.6 Å². The summed E-state index contributed by atoms with van der Waals surface area (Å²) in [6, 6.07) is 13.2. The molecule has 7 heteroatoms.